The van der Waals surface area contributed by atoms with Crippen molar-refractivity contribution < 1.29 is 4.79 Å². The Morgan fingerprint density at radius 3 is 2.53 bits per heavy atom. The minimum absolute atomic E-state index is 0.120. The number of nitrogens with zero attached hydrogens (tertiary/aromatic N) is 3. The first kappa shape index (κ1) is 11.9. The Bertz CT molecular complexity index is 356. The summed E-state index contributed by atoms with van der Waals surface area (Å²) in [5.41, 5.74) is 0.210. The minimum Gasteiger partial charge on any atom is -0.297 e. The molecule has 1 aromatic rings. The third kappa shape index (κ3) is 1.95. The van der Waals surface area contributed by atoms with Gasteiger partial charge in [0.2, 0.25) is 5.78 Å². The molecule has 0 aliphatic heterocycles. The van der Waals surface area contributed by atoms with E-state index in [1.165, 1.54) is 0 Å². The zero-order valence-corrected chi connectivity index (χ0v) is 10.1. The van der Waals surface area contributed by atoms with Gasteiger partial charge in [-0.25, -0.2) is 0 Å². The summed E-state index contributed by atoms with van der Waals surface area (Å²) in [7, 11) is 5.65. The van der Waals surface area contributed by atoms with Crippen LogP contribution in [0, 0.1) is 0 Å². The molecule has 15 heavy (non-hydrogen) atoms. The Kier molecular flexibility index (Phi) is 3.29. The summed E-state index contributed by atoms with van der Waals surface area (Å²) in [6.07, 6.45) is 2.43. The fraction of sp³-hybridized carbons (Fsp3) is 0.636. The number of ketones is 1. The van der Waals surface area contributed by atoms with Crippen molar-refractivity contribution in [2.45, 2.75) is 25.8 Å². The average Bonchev–Trinajstić information content (AvgIpc) is 2.61. The van der Waals surface area contributed by atoms with Crippen LogP contribution in [0.4, 0.5) is 0 Å². The van der Waals surface area contributed by atoms with E-state index in [2.05, 4.69) is 5.10 Å². The molecule has 1 unspecified atom stereocenters. The Balaban J connectivity index is 3.08. The van der Waals surface area contributed by atoms with Crippen LogP contribution in [-0.2, 0) is 7.05 Å². The van der Waals surface area contributed by atoms with Crippen LogP contribution in [0.5, 0.6) is 0 Å². The molecule has 1 rings (SSSR count). The molecule has 4 nitrogen and oxygen atoms in total. The molecular formula is C11H19N3O. The lowest BCUT2D eigenvalue weighted by molar-refractivity contribution is 0.0700. The van der Waals surface area contributed by atoms with Crippen LogP contribution in [0.1, 0.15) is 30.8 Å². The first-order valence-electron chi connectivity index (χ1n) is 5.13. The number of carbonyl (C=O) groups is 1. The van der Waals surface area contributed by atoms with Crippen molar-refractivity contribution in [2.75, 3.05) is 14.1 Å². The van der Waals surface area contributed by atoms with Crippen molar-refractivity contribution in [3.8, 4) is 0 Å². The first-order chi connectivity index (χ1) is 6.93. The molecule has 0 saturated carbocycles. The van der Waals surface area contributed by atoms with Gasteiger partial charge in [0.05, 0.1) is 5.54 Å². The van der Waals surface area contributed by atoms with E-state index >= 15 is 0 Å². The van der Waals surface area contributed by atoms with Gasteiger partial charge in [0, 0.05) is 13.2 Å². The molecule has 4 heteroatoms. The Labute approximate surface area is 90.9 Å². The molecule has 1 heterocycles. The van der Waals surface area contributed by atoms with Gasteiger partial charge in [-0.1, -0.05) is 6.92 Å². The molecule has 1 atom stereocenters. The second-order valence-corrected chi connectivity index (χ2v) is 4.19. The van der Waals surface area contributed by atoms with E-state index < -0.39 is 5.54 Å². The van der Waals surface area contributed by atoms with Crippen LogP contribution in [0.15, 0.2) is 12.3 Å². The van der Waals surface area contributed by atoms with Crippen LogP contribution in [0.2, 0.25) is 0 Å². The number of rotatable bonds is 4. The van der Waals surface area contributed by atoms with Crippen LogP contribution >= 0.6 is 0 Å². The van der Waals surface area contributed by atoms with Gasteiger partial charge < -0.3 is 0 Å². The smallest absolute Gasteiger partial charge is 0.200 e. The topological polar surface area (TPSA) is 38.1 Å². The van der Waals surface area contributed by atoms with E-state index in [0.29, 0.717) is 5.69 Å². The van der Waals surface area contributed by atoms with Crippen molar-refractivity contribution in [1.29, 1.82) is 0 Å². The van der Waals surface area contributed by atoms with Gasteiger partial charge in [-0.2, -0.15) is 5.10 Å². The summed E-state index contributed by atoms with van der Waals surface area (Å²) in [6.45, 7) is 3.98. The third-order valence-corrected chi connectivity index (χ3v) is 3.22. The highest BCUT2D eigenvalue weighted by Crippen LogP contribution is 2.21. The summed E-state index contributed by atoms with van der Waals surface area (Å²) in [4.78, 5) is 14.3. The van der Waals surface area contributed by atoms with Crippen LogP contribution in [-0.4, -0.2) is 40.1 Å². The maximum absolute atomic E-state index is 12.3. The second-order valence-electron chi connectivity index (χ2n) is 4.19. The van der Waals surface area contributed by atoms with E-state index in [0.717, 1.165) is 6.42 Å². The zero-order valence-electron chi connectivity index (χ0n) is 10.1. The monoisotopic (exact) mass is 209 g/mol. The molecule has 0 bridgehead atoms. The predicted octanol–water partition coefficient (Wildman–Crippen LogP) is 1.33. The van der Waals surface area contributed by atoms with Crippen LogP contribution < -0.4 is 0 Å². The highest BCUT2D eigenvalue weighted by atomic mass is 16.1. The van der Waals surface area contributed by atoms with Crippen molar-refractivity contribution in [3.63, 3.8) is 0 Å². The van der Waals surface area contributed by atoms with Crippen molar-refractivity contribution in [3.05, 3.63) is 18.0 Å². The fourth-order valence-corrected chi connectivity index (χ4v) is 1.55. The van der Waals surface area contributed by atoms with Crippen molar-refractivity contribution in [1.82, 2.24) is 14.7 Å². The predicted molar refractivity (Wildman–Crippen MR) is 59.9 cm³/mol. The third-order valence-electron chi connectivity index (χ3n) is 3.22. The highest BCUT2D eigenvalue weighted by Gasteiger charge is 2.35. The first-order valence-corrected chi connectivity index (χ1v) is 5.13. The molecule has 0 aliphatic carbocycles. The number of hydrogen-bond acceptors (Lipinski definition) is 3. The quantitative estimate of drug-likeness (QED) is 0.702. The highest BCUT2D eigenvalue weighted by molar-refractivity contribution is 6.01. The van der Waals surface area contributed by atoms with E-state index in [1.54, 1.807) is 24.0 Å². The average molecular weight is 209 g/mol. The summed E-state index contributed by atoms with van der Waals surface area (Å²) >= 11 is 0. The normalized spacial score (nSPS) is 15.3. The Morgan fingerprint density at radius 2 is 2.20 bits per heavy atom. The number of aromatic nitrogens is 2. The molecule has 0 fully saturated rings. The van der Waals surface area contributed by atoms with Gasteiger partial charge >= 0.3 is 0 Å². The number of aryl methyl sites for hydroxylation is 1. The molecule has 0 spiro atoms. The van der Waals surface area contributed by atoms with E-state index in [9.17, 15) is 4.79 Å². The zero-order chi connectivity index (χ0) is 11.6. The largest absolute Gasteiger partial charge is 0.297 e. The minimum atomic E-state index is -0.451. The van der Waals surface area contributed by atoms with Gasteiger partial charge in [0.15, 0.2) is 0 Å². The molecule has 84 valence electrons. The summed E-state index contributed by atoms with van der Waals surface area (Å²) in [5, 5.41) is 4.02. The summed E-state index contributed by atoms with van der Waals surface area (Å²) < 4.78 is 1.62. The summed E-state index contributed by atoms with van der Waals surface area (Å²) in [5.74, 6) is 0.120. The van der Waals surface area contributed by atoms with E-state index in [1.807, 2.05) is 32.8 Å². The lowest BCUT2D eigenvalue weighted by Gasteiger charge is -2.33. The maximum atomic E-state index is 12.3. The SMILES string of the molecule is CCC(C)(C(=O)c1ccnn1C)N(C)C. The lowest BCUT2D eigenvalue weighted by atomic mass is 9.90. The number of Topliss-reactive ketones (excluding diaryl/α,β-unsaturated/α-hetero) is 1. The molecular weight excluding hydrogens is 190 g/mol. The van der Waals surface area contributed by atoms with Gasteiger partial charge in [-0.15, -0.1) is 0 Å². The fourth-order valence-electron chi connectivity index (χ4n) is 1.55. The molecule has 0 aliphatic rings. The van der Waals surface area contributed by atoms with Gasteiger partial charge in [0.1, 0.15) is 5.69 Å². The molecule has 0 aromatic carbocycles. The standard InChI is InChI=1S/C11H19N3O/c1-6-11(2,13(3)4)10(15)9-7-8-12-14(9)5/h7-8H,6H2,1-5H3. The summed E-state index contributed by atoms with van der Waals surface area (Å²) in [6, 6.07) is 1.76. The molecule has 0 N–H and O–H groups in total. The van der Waals surface area contributed by atoms with Crippen LogP contribution in [0.3, 0.4) is 0 Å². The Hall–Kier alpha value is -1.16. The van der Waals surface area contributed by atoms with Crippen LogP contribution in [0.25, 0.3) is 0 Å². The molecule has 0 amide bonds. The Morgan fingerprint density at radius 1 is 1.60 bits per heavy atom. The second kappa shape index (κ2) is 4.14. The van der Waals surface area contributed by atoms with Gasteiger partial charge in [-0.3, -0.25) is 14.4 Å². The number of hydrogen-bond donors (Lipinski definition) is 0. The van der Waals surface area contributed by atoms with Crippen molar-refractivity contribution in [2.24, 2.45) is 7.05 Å². The molecule has 0 saturated heterocycles. The van der Waals surface area contributed by atoms with E-state index in [4.69, 9.17) is 0 Å². The van der Waals surface area contributed by atoms with Gasteiger partial charge in [0.25, 0.3) is 0 Å². The molecule has 1 aromatic heterocycles. The van der Waals surface area contributed by atoms with E-state index in [-0.39, 0.29) is 5.78 Å². The lowest BCUT2D eigenvalue weighted by Crippen LogP contribution is -2.48. The number of likely N-dealkylation sites (N-methyl/N-ethyl adjacent to an activating group) is 1. The van der Waals surface area contributed by atoms with Gasteiger partial charge in [-0.05, 0) is 33.5 Å². The van der Waals surface area contributed by atoms with Crippen molar-refractivity contribution >= 4 is 5.78 Å². The number of carbonyl (C=O) groups excluding carboxylic acids is 1. The maximum Gasteiger partial charge on any atom is 0.200 e. The molecule has 0 radical (unpaired) electrons.